The lowest BCUT2D eigenvalue weighted by molar-refractivity contribution is -0.384. The highest BCUT2D eigenvalue weighted by molar-refractivity contribution is 6.32. The molecule has 0 saturated carbocycles. The highest BCUT2D eigenvalue weighted by atomic mass is 35.5. The second-order valence-electron chi connectivity index (χ2n) is 9.28. The number of nitro benzene ring substituents is 1. The van der Waals surface area contributed by atoms with Crippen molar-refractivity contribution in [3.63, 3.8) is 0 Å². The number of nitro groups is 1. The van der Waals surface area contributed by atoms with Crippen LogP contribution in [0.15, 0.2) is 42.5 Å². The zero-order valence-corrected chi connectivity index (χ0v) is 20.6. The number of benzene rings is 2. The van der Waals surface area contributed by atoms with Gasteiger partial charge in [-0.3, -0.25) is 29.8 Å². The third-order valence-corrected chi connectivity index (χ3v) is 7.59. The summed E-state index contributed by atoms with van der Waals surface area (Å²) in [6.07, 6.45) is 0.372. The number of barbiturate groups is 1. The Labute approximate surface area is 216 Å². The molecule has 4 amide bonds. The van der Waals surface area contributed by atoms with Crippen LogP contribution in [-0.4, -0.2) is 47.9 Å². The van der Waals surface area contributed by atoms with Crippen LogP contribution in [0.2, 0.25) is 5.02 Å². The zero-order chi connectivity index (χ0) is 26.5. The van der Waals surface area contributed by atoms with Crippen LogP contribution in [0.4, 0.5) is 21.9 Å². The fraction of sp³-hybridized carbons (Fsp3) is 0.360. The number of carbonyl (C=O) groups is 4. The quantitative estimate of drug-likeness (QED) is 0.277. The van der Waals surface area contributed by atoms with E-state index >= 15 is 0 Å². The number of amides is 4. The van der Waals surface area contributed by atoms with E-state index in [0.717, 1.165) is 4.90 Å². The van der Waals surface area contributed by atoms with Gasteiger partial charge in [0.1, 0.15) is 0 Å². The summed E-state index contributed by atoms with van der Waals surface area (Å²) in [6, 6.07) is 8.65. The number of nitrogens with one attached hydrogen (secondary N) is 1. The van der Waals surface area contributed by atoms with Crippen molar-refractivity contribution in [2.45, 2.75) is 32.2 Å². The molecular formula is C25H23ClN4O7. The van der Waals surface area contributed by atoms with Gasteiger partial charge >= 0.3 is 12.0 Å². The number of fused-ring (bicyclic) bond motifs is 4. The molecule has 3 aliphatic heterocycles. The average Bonchev–Trinajstić information content (AvgIpc) is 2.87. The molecular weight excluding hydrogens is 504 g/mol. The molecule has 0 unspecified atom stereocenters. The molecule has 5 rings (SSSR count). The molecule has 2 aromatic rings. The summed E-state index contributed by atoms with van der Waals surface area (Å²) in [6.45, 7) is 2.21. The lowest BCUT2D eigenvalue weighted by Crippen LogP contribution is -2.73. The largest absolute Gasteiger partial charge is 0.466 e. The van der Waals surface area contributed by atoms with Crippen molar-refractivity contribution in [1.29, 1.82) is 0 Å². The first-order chi connectivity index (χ1) is 17.7. The van der Waals surface area contributed by atoms with Crippen molar-refractivity contribution in [3.05, 3.63) is 63.2 Å². The molecule has 0 radical (unpaired) electrons. The SMILES string of the molecule is CCOC(=O)[C@H]1CCN2c3ccc([N+](=O)[O-])cc3C[C@]3(C(=O)NC(=O)N(c4ccc(Cl)cc4)C3=O)[C@@H]2C1. The van der Waals surface area contributed by atoms with Crippen LogP contribution >= 0.6 is 11.6 Å². The first-order valence-electron chi connectivity index (χ1n) is 11.8. The van der Waals surface area contributed by atoms with Gasteiger partial charge in [0, 0.05) is 35.8 Å². The highest BCUT2D eigenvalue weighted by Gasteiger charge is 2.63. The predicted molar refractivity (Wildman–Crippen MR) is 132 cm³/mol. The molecule has 2 saturated heterocycles. The van der Waals surface area contributed by atoms with Gasteiger partial charge in [-0.05, 0) is 55.7 Å². The van der Waals surface area contributed by atoms with Crippen molar-refractivity contribution in [2.24, 2.45) is 11.3 Å². The number of urea groups is 1. The number of hydrogen-bond donors (Lipinski definition) is 1. The number of nitrogens with zero attached hydrogens (tertiary/aromatic N) is 3. The van der Waals surface area contributed by atoms with E-state index in [1.54, 1.807) is 13.0 Å². The molecule has 11 nitrogen and oxygen atoms in total. The Morgan fingerprint density at radius 2 is 1.95 bits per heavy atom. The summed E-state index contributed by atoms with van der Waals surface area (Å²) < 4.78 is 5.23. The van der Waals surface area contributed by atoms with E-state index in [9.17, 15) is 29.3 Å². The molecule has 192 valence electrons. The van der Waals surface area contributed by atoms with E-state index in [1.807, 2.05) is 4.90 Å². The third-order valence-electron chi connectivity index (χ3n) is 7.34. The van der Waals surface area contributed by atoms with Gasteiger partial charge in [-0.25, -0.2) is 9.69 Å². The topological polar surface area (TPSA) is 139 Å². The van der Waals surface area contributed by atoms with E-state index in [2.05, 4.69) is 5.32 Å². The van der Waals surface area contributed by atoms with Crippen molar-refractivity contribution in [1.82, 2.24) is 5.32 Å². The smallest absolute Gasteiger partial charge is 0.335 e. The lowest BCUT2D eigenvalue weighted by Gasteiger charge is -2.54. The molecule has 0 bridgehead atoms. The van der Waals surface area contributed by atoms with Crippen molar-refractivity contribution in [3.8, 4) is 0 Å². The van der Waals surface area contributed by atoms with E-state index < -0.39 is 46.1 Å². The lowest BCUT2D eigenvalue weighted by atomic mass is 9.64. The molecule has 12 heteroatoms. The number of anilines is 2. The summed E-state index contributed by atoms with van der Waals surface area (Å²) >= 11 is 5.98. The number of non-ortho nitro benzene ring substituents is 1. The van der Waals surface area contributed by atoms with Crippen molar-refractivity contribution >= 4 is 52.5 Å². The minimum atomic E-state index is -1.82. The standard InChI is InChI=1S/C25H23ClN4O7/c1-2-37-21(31)14-9-10-28-19-8-7-18(30(35)36)11-15(19)13-25(20(28)12-14)22(32)27-24(34)29(23(25)33)17-5-3-16(26)4-6-17/h3-8,11,14,20H,2,9-10,12-13H2,1H3,(H,27,32,34)/t14-,20-,25+/m0/s1. The van der Waals surface area contributed by atoms with Crippen LogP contribution in [0.3, 0.4) is 0 Å². The summed E-state index contributed by atoms with van der Waals surface area (Å²) in [5.41, 5.74) is -0.690. The molecule has 3 heterocycles. The number of rotatable bonds is 4. The van der Waals surface area contributed by atoms with Gasteiger partial charge in [-0.2, -0.15) is 0 Å². The fourth-order valence-electron chi connectivity index (χ4n) is 5.65. The number of carbonyl (C=O) groups excluding carboxylic acids is 4. The Hall–Kier alpha value is -3.99. The maximum absolute atomic E-state index is 14.2. The van der Waals surface area contributed by atoms with Crippen LogP contribution < -0.4 is 15.1 Å². The van der Waals surface area contributed by atoms with Gasteiger partial charge in [-0.15, -0.1) is 0 Å². The first kappa shape index (κ1) is 24.7. The highest BCUT2D eigenvalue weighted by Crippen LogP contribution is 2.49. The van der Waals surface area contributed by atoms with Gasteiger partial charge in [0.05, 0.1) is 29.2 Å². The summed E-state index contributed by atoms with van der Waals surface area (Å²) in [5, 5.41) is 14.2. The second kappa shape index (κ2) is 9.15. The Bertz CT molecular complexity index is 1330. The predicted octanol–water partition coefficient (Wildman–Crippen LogP) is 3.22. The molecule has 1 N–H and O–H groups in total. The van der Waals surface area contributed by atoms with Crippen LogP contribution in [0, 0.1) is 21.4 Å². The molecule has 3 aliphatic rings. The molecule has 0 aliphatic carbocycles. The Morgan fingerprint density at radius 1 is 1.22 bits per heavy atom. The normalized spacial score (nSPS) is 24.9. The summed E-state index contributed by atoms with van der Waals surface area (Å²) in [7, 11) is 0. The number of hydrogen-bond acceptors (Lipinski definition) is 8. The first-order valence-corrected chi connectivity index (χ1v) is 12.2. The van der Waals surface area contributed by atoms with Gasteiger partial charge in [-0.1, -0.05) is 11.6 Å². The monoisotopic (exact) mass is 526 g/mol. The maximum Gasteiger partial charge on any atom is 0.335 e. The Morgan fingerprint density at radius 3 is 2.62 bits per heavy atom. The van der Waals surface area contributed by atoms with Gasteiger partial charge in [0.15, 0.2) is 5.41 Å². The Kier molecular flexibility index (Phi) is 6.10. The van der Waals surface area contributed by atoms with Crippen LogP contribution in [0.1, 0.15) is 25.3 Å². The Balaban J connectivity index is 1.65. The fourth-order valence-corrected chi connectivity index (χ4v) is 5.77. The maximum atomic E-state index is 14.2. The zero-order valence-electron chi connectivity index (χ0n) is 19.8. The van der Waals surface area contributed by atoms with Crippen LogP contribution in [0.5, 0.6) is 0 Å². The number of ether oxygens (including phenoxy) is 1. The van der Waals surface area contributed by atoms with Crippen molar-refractivity contribution < 1.29 is 28.8 Å². The summed E-state index contributed by atoms with van der Waals surface area (Å²) in [5.74, 6) is -2.54. The molecule has 0 aromatic heterocycles. The second-order valence-corrected chi connectivity index (χ2v) is 9.71. The number of esters is 1. The molecule has 3 atom stereocenters. The van der Waals surface area contributed by atoms with Gasteiger partial charge < -0.3 is 9.64 Å². The number of imide groups is 2. The minimum absolute atomic E-state index is 0.136. The minimum Gasteiger partial charge on any atom is -0.466 e. The molecule has 2 aromatic carbocycles. The number of piperidine rings is 1. The van der Waals surface area contributed by atoms with Crippen molar-refractivity contribution in [2.75, 3.05) is 23.0 Å². The number of halogens is 1. The summed E-state index contributed by atoms with van der Waals surface area (Å²) in [4.78, 5) is 67.1. The molecule has 37 heavy (non-hydrogen) atoms. The van der Waals surface area contributed by atoms with Gasteiger partial charge in [0.25, 0.3) is 11.6 Å². The van der Waals surface area contributed by atoms with Gasteiger partial charge in [0.2, 0.25) is 5.91 Å². The third kappa shape index (κ3) is 3.90. The van der Waals surface area contributed by atoms with E-state index in [4.69, 9.17) is 16.3 Å². The molecule has 2 fully saturated rings. The molecule has 1 spiro atoms. The van der Waals surface area contributed by atoms with E-state index in [1.165, 1.54) is 36.4 Å². The average molecular weight is 527 g/mol. The van der Waals surface area contributed by atoms with E-state index in [0.29, 0.717) is 29.2 Å². The van der Waals surface area contributed by atoms with Crippen LogP contribution in [0.25, 0.3) is 0 Å². The van der Waals surface area contributed by atoms with E-state index in [-0.39, 0.29) is 30.8 Å². The van der Waals surface area contributed by atoms with Crippen LogP contribution in [-0.2, 0) is 25.5 Å².